The largest absolute Gasteiger partial charge is 0.491 e. The number of nitrogens with zero attached hydrogens (tertiary/aromatic N) is 2. The van der Waals surface area contributed by atoms with Crippen molar-refractivity contribution in [2.45, 2.75) is 50.7 Å². The van der Waals surface area contributed by atoms with Crippen LogP contribution in [-0.2, 0) is 0 Å². The molecule has 0 saturated carbocycles. The molecule has 158 valence electrons. The van der Waals surface area contributed by atoms with Gasteiger partial charge in [0.15, 0.2) is 0 Å². The monoisotopic (exact) mass is 392 g/mol. The zero-order valence-corrected chi connectivity index (χ0v) is 17.0. The van der Waals surface area contributed by atoms with Gasteiger partial charge in [-0.3, -0.25) is 0 Å². The molecule has 0 bridgehead atoms. The van der Waals surface area contributed by atoms with Gasteiger partial charge >= 0.3 is 0 Å². The van der Waals surface area contributed by atoms with Gasteiger partial charge in [0.25, 0.3) is 0 Å². The molecular weight excluding hydrogens is 356 g/mol. The molecule has 0 unspecified atom stereocenters. The number of β-amino-alcohol motifs (C(OH)–C–C–N with tert-alkyl or cyclic N) is 2. The van der Waals surface area contributed by atoms with Crippen molar-refractivity contribution in [1.82, 2.24) is 9.80 Å². The lowest BCUT2D eigenvalue weighted by molar-refractivity contribution is 0.0594. The first-order valence-electron chi connectivity index (χ1n) is 10.9. The Bertz CT molecular complexity index is 514. The van der Waals surface area contributed by atoms with Gasteiger partial charge in [0.1, 0.15) is 36.9 Å². The highest BCUT2D eigenvalue weighted by Gasteiger charge is 2.16. The fourth-order valence-corrected chi connectivity index (χ4v) is 4.02. The van der Waals surface area contributed by atoms with Crippen LogP contribution in [0.2, 0.25) is 0 Å². The minimum absolute atomic E-state index is 0.275. The number of likely N-dealkylation sites (tertiary alicyclic amines) is 2. The van der Waals surface area contributed by atoms with Crippen LogP contribution in [0.4, 0.5) is 0 Å². The van der Waals surface area contributed by atoms with Crippen molar-refractivity contribution in [2.24, 2.45) is 0 Å². The van der Waals surface area contributed by atoms with Crippen LogP contribution in [0.25, 0.3) is 0 Å². The topological polar surface area (TPSA) is 65.4 Å². The van der Waals surface area contributed by atoms with E-state index in [-0.39, 0.29) is 13.2 Å². The van der Waals surface area contributed by atoms with E-state index in [2.05, 4.69) is 9.80 Å². The second-order valence-corrected chi connectivity index (χ2v) is 8.13. The van der Waals surface area contributed by atoms with Crippen molar-refractivity contribution in [3.8, 4) is 11.5 Å². The first-order chi connectivity index (χ1) is 13.7. The molecule has 1 aromatic carbocycles. The summed E-state index contributed by atoms with van der Waals surface area (Å²) in [5.74, 6) is 1.36. The molecule has 3 rings (SSSR count). The third kappa shape index (κ3) is 7.59. The van der Waals surface area contributed by atoms with Gasteiger partial charge in [-0.05, 0) is 64.0 Å². The molecule has 0 amide bonds. The van der Waals surface area contributed by atoms with Gasteiger partial charge in [-0.2, -0.15) is 0 Å². The van der Waals surface area contributed by atoms with Crippen molar-refractivity contribution in [3.63, 3.8) is 0 Å². The van der Waals surface area contributed by atoms with Crippen molar-refractivity contribution < 1.29 is 19.7 Å². The smallest absolute Gasteiger partial charge is 0.123 e. The Labute approximate surface area is 169 Å². The summed E-state index contributed by atoms with van der Waals surface area (Å²) in [5, 5.41) is 20.5. The van der Waals surface area contributed by atoms with Gasteiger partial charge in [0, 0.05) is 19.2 Å². The average molecular weight is 393 g/mol. The van der Waals surface area contributed by atoms with Crippen molar-refractivity contribution >= 4 is 0 Å². The molecule has 6 nitrogen and oxygen atoms in total. The number of hydrogen-bond acceptors (Lipinski definition) is 6. The molecule has 2 atom stereocenters. The number of benzene rings is 1. The number of ether oxygens (including phenoxy) is 2. The van der Waals surface area contributed by atoms with E-state index in [1.807, 2.05) is 24.3 Å². The lowest BCUT2D eigenvalue weighted by Crippen LogP contribution is -2.38. The molecule has 0 aromatic heterocycles. The lowest BCUT2D eigenvalue weighted by atomic mass is 10.1. The van der Waals surface area contributed by atoms with E-state index >= 15 is 0 Å². The highest BCUT2D eigenvalue weighted by molar-refractivity contribution is 5.33. The average Bonchev–Trinajstić information content (AvgIpc) is 2.73. The summed E-state index contributed by atoms with van der Waals surface area (Å²) in [6, 6.07) is 7.43. The van der Waals surface area contributed by atoms with Gasteiger partial charge in [0.05, 0.1) is 0 Å². The number of rotatable bonds is 10. The summed E-state index contributed by atoms with van der Waals surface area (Å²) < 4.78 is 11.5. The molecule has 2 saturated heterocycles. The maximum absolute atomic E-state index is 10.2. The summed E-state index contributed by atoms with van der Waals surface area (Å²) in [5.41, 5.74) is 0. The summed E-state index contributed by atoms with van der Waals surface area (Å²) in [7, 11) is 0. The van der Waals surface area contributed by atoms with Crippen LogP contribution in [0.1, 0.15) is 38.5 Å². The molecule has 0 radical (unpaired) electrons. The quantitative estimate of drug-likeness (QED) is 0.636. The van der Waals surface area contributed by atoms with E-state index in [0.717, 1.165) is 26.2 Å². The molecule has 28 heavy (non-hydrogen) atoms. The SMILES string of the molecule is O[C@@H](COc1cccc(OC[C@H](O)CN2CCCCC2)c1)CN1CCCCC1. The summed E-state index contributed by atoms with van der Waals surface area (Å²) in [6.45, 7) is 6.16. The van der Waals surface area contributed by atoms with Crippen LogP contribution in [0.3, 0.4) is 0 Å². The van der Waals surface area contributed by atoms with Crippen molar-refractivity contribution in [3.05, 3.63) is 24.3 Å². The van der Waals surface area contributed by atoms with Crippen LogP contribution in [0, 0.1) is 0 Å². The summed E-state index contributed by atoms with van der Waals surface area (Å²) >= 11 is 0. The van der Waals surface area contributed by atoms with Crippen LogP contribution in [0.5, 0.6) is 11.5 Å². The molecule has 2 heterocycles. The molecular formula is C22H36N2O4. The van der Waals surface area contributed by atoms with Gasteiger partial charge in [-0.25, -0.2) is 0 Å². The molecule has 2 aliphatic rings. The Morgan fingerprint density at radius 1 is 0.714 bits per heavy atom. The molecule has 0 aliphatic carbocycles. The van der Waals surface area contributed by atoms with Crippen LogP contribution in [0.15, 0.2) is 24.3 Å². The minimum atomic E-state index is -0.492. The van der Waals surface area contributed by atoms with E-state index in [1.165, 1.54) is 38.5 Å². The normalized spacial score (nSPS) is 21.2. The highest BCUT2D eigenvalue weighted by atomic mass is 16.5. The second kappa shape index (κ2) is 11.6. The zero-order chi connectivity index (χ0) is 19.6. The van der Waals surface area contributed by atoms with E-state index in [9.17, 15) is 10.2 Å². The number of piperidine rings is 2. The van der Waals surface area contributed by atoms with Crippen LogP contribution in [-0.4, -0.2) is 84.7 Å². The Morgan fingerprint density at radius 2 is 1.14 bits per heavy atom. The molecule has 2 N–H and O–H groups in total. The van der Waals surface area contributed by atoms with Crippen molar-refractivity contribution in [2.75, 3.05) is 52.5 Å². The lowest BCUT2D eigenvalue weighted by Gasteiger charge is -2.28. The first kappa shape index (κ1) is 21.4. The maximum Gasteiger partial charge on any atom is 0.123 e. The summed E-state index contributed by atoms with van der Waals surface area (Å²) in [6.07, 6.45) is 6.48. The predicted molar refractivity (Wildman–Crippen MR) is 110 cm³/mol. The third-order valence-corrected chi connectivity index (χ3v) is 5.53. The van der Waals surface area contributed by atoms with Gasteiger partial charge in [-0.15, -0.1) is 0 Å². The van der Waals surface area contributed by atoms with E-state index in [0.29, 0.717) is 24.6 Å². The Kier molecular flexibility index (Phi) is 8.86. The standard InChI is InChI=1S/C22H36N2O4/c25-19(15-23-10-3-1-4-11-23)17-27-21-8-7-9-22(14-21)28-18-20(26)16-24-12-5-2-6-13-24/h7-9,14,19-20,25-26H,1-6,10-13,15-18H2/t19-,20-/m1/s1. The fourth-order valence-electron chi connectivity index (χ4n) is 4.02. The van der Waals surface area contributed by atoms with Gasteiger partial charge < -0.3 is 29.5 Å². The van der Waals surface area contributed by atoms with Gasteiger partial charge in [-0.1, -0.05) is 18.9 Å². The van der Waals surface area contributed by atoms with Crippen molar-refractivity contribution in [1.29, 1.82) is 0 Å². The third-order valence-electron chi connectivity index (χ3n) is 5.53. The number of aliphatic hydroxyl groups is 2. The molecule has 0 spiro atoms. The molecule has 1 aromatic rings. The first-order valence-corrected chi connectivity index (χ1v) is 10.9. The van der Waals surface area contributed by atoms with E-state index < -0.39 is 12.2 Å². The maximum atomic E-state index is 10.2. The van der Waals surface area contributed by atoms with Gasteiger partial charge in [0.2, 0.25) is 0 Å². The molecule has 6 heteroatoms. The van der Waals surface area contributed by atoms with E-state index in [1.54, 1.807) is 0 Å². The Hall–Kier alpha value is -1.34. The zero-order valence-electron chi connectivity index (χ0n) is 17.0. The Morgan fingerprint density at radius 3 is 1.57 bits per heavy atom. The number of aliphatic hydroxyl groups excluding tert-OH is 2. The summed E-state index contributed by atoms with van der Waals surface area (Å²) in [4.78, 5) is 4.61. The minimum Gasteiger partial charge on any atom is -0.491 e. The second-order valence-electron chi connectivity index (χ2n) is 8.13. The van der Waals surface area contributed by atoms with E-state index in [4.69, 9.17) is 9.47 Å². The highest BCUT2D eigenvalue weighted by Crippen LogP contribution is 2.20. The molecule has 2 aliphatic heterocycles. The van der Waals surface area contributed by atoms with Crippen LogP contribution < -0.4 is 9.47 Å². The Balaban J connectivity index is 1.36. The fraction of sp³-hybridized carbons (Fsp3) is 0.727. The molecule has 2 fully saturated rings. The predicted octanol–water partition coefficient (Wildman–Crippen LogP) is 2.14. The van der Waals surface area contributed by atoms with Crippen LogP contribution >= 0.6 is 0 Å². The number of hydrogen-bond donors (Lipinski definition) is 2.